The second-order valence-electron chi connectivity index (χ2n) is 6.27. The summed E-state index contributed by atoms with van der Waals surface area (Å²) >= 11 is 0. The van der Waals surface area contributed by atoms with E-state index >= 15 is 0 Å². The maximum atomic E-state index is 13.1. The number of carbonyl (C=O) groups is 1. The highest BCUT2D eigenvalue weighted by Crippen LogP contribution is 2.29. The number of aromatic amines is 1. The summed E-state index contributed by atoms with van der Waals surface area (Å²) in [6, 6.07) is 10.5. The number of nitrogens with zero attached hydrogens (tertiary/aromatic N) is 2. The van der Waals surface area contributed by atoms with E-state index in [1.54, 1.807) is 18.3 Å². The van der Waals surface area contributed by atoms with Crippen LogP contribution in [-0.4, -0.2) is 26.8 Å². The Balaban J connectivity index is 1.53. The van der Waals surface area contributed by atoms with Gasteiger partial charge in [0, 0.05) is 30.4 Å². The Morgan fingerprint density at radius 1 is 1.25 bits per heavy atom. The minimum atomic E-state index is -0.255. The van der Waals surface area contributed by atoms with Gasteiger partial charge in [-0.2, -0.15) is 0 Å². The monoisotopic (exact) mass is 323 g/mol. The molecular weight excluding hydrogens is 305 g/mol. The van der Waals surface area contributed by atoms with Crippen LogP contribution < -0.4 is 0 Å². The lowest BCUT2D eigenvalue weighted by Crippen LogP contribution is -2.33. The van der Waals surface area contributed by atoms with Crippen LogP contribution in [0.25, 0.3) is 11.0 Å². The SMILES string of the molecule is O=C(Cc1c[nH]c2ncccc12)N(Cc1ccc(F)cc1)C1CC1. The van der Waals surface area contributed by atoms with Gasteiger partial charge >= 0.3 is 0 Å². The Morgan fingerprint density at radius 3 is 2.79 bits per heavy atom. The number of rotatable bonds is 5. The van der Waals surface area contributed by atoms with Gasteiger partial charge in [-0.1, -0.05) is 12.1 Å². The number of nitrogens with one attached hydrogen (secondary N) is 1. The maximum Gasteiger partial charge on any atom is 0.227 e. The number of halogens is 1. The van der Waals surface area contributed by atoms with Gasteiger partial charge in [0.15, 0.2) is 0 Å². The van der Waals surface area contributed by atoms with Gasteiger partial charge in [0.1, 0.15) is 11.5 Å². The molecule has 1 saturated carbocycles. The number of amides is 1. The van der Waals surface area contributed by atoms with Gasteiger partial charge in [0.05, 0.1) is 6.42 Å². The first-order valence-electron chi connectivity index (χ1n) is 8.15. The fourth-order valence-corrected chi connectivity index (χ4v) is 3.02. The quantitative estimate of drug-likeness (QED) is 0.782. The Hall–Kier alpha value is -2.69. The summed E-state index contributed by atoms with van der Waals surface area (Å²) < 4.78 is 13.1. The predicted molar refractivity (Wildman–Crippen MR) is 89.8 cm³/mol. The lowest BCUT2D eigenvalue weighted by atomic mass is 10.1. The minimum absolute atomic E-state index is 0.103. The van der Waals surface area contributed by atoms with E-state index in [4.69, 9.17) is 0 Å². The van der Waals surface area contributed by atoms with E-state index in [0.717, 1.165) is 35.0 Å². The topological polar surface area (TPSA) is 49.0 Å². The largest absolute Gasteiger partial charge is 0.346 e. The van der Waals surface area contributed by atoms with Crippen LogP contribution in [-0.2, 0) is 17.8 Å². The summed E-state index contributed by atoms with van der Waals surface area (Å²) in [7, 11) is 0. The zero-order valence-corrected chi connectivity index (χ0v) is 13.2. The fourth-order valence-electron chi connectivity index (χ4n) is 3.02. The van der Waals surface area contributed by atoms with E-state index in [9.17, 15) is 9.18 Å². The summed E-state index contributed by atoms with van der Waals surface area (Å²) in [5.41, 5.74) is 2.72. The first-order chi connectivity index (χ1) is 11.7. The Bertz CT molecular complexity index is 868. The van der Waals surface area contributed by atoms with E-state index in [1.807, 2.05) is 23.2 Å². The summed E-state index contributed by atoms with van der Waals surface area (Å²) in [5.74, 6) is -0.152. The molecule has 1 aromatic carbocycles. The number of benzene rings is 1. The van der Waals surface area contributed by atoms with Crippen molar-refractivity contribution in [2.45, 2.75) is 31.8 Å². The highest BCUT2D eigenvalue weighted by atomic mass is 19.1. The number of aromatic nitrogens is 2. The molecule has 122 valence electrons. The smallest absolute Gasteiger partial charge is 0.227 e. The van der Waals surface area contributed by atoms with E-state index in [2.05, 4.69) is 9.97 Å². The van der Waals surface area contributed by atoms with E-state index < -0.39 is 0 Å². The van der Waals surface area contributed by atoms with Crippen LogP contribution >= 0.6 is 0 Å². The van der Waals surface area contributed by atoms with Gasteiger partial charge in [-0.15, -0.1) is 0 Å². The first-order valence-corrected chi connectivity index (χ1v) is 8.15. The second kappa shape index (κ2) is 6.07. The van der Waals surface area contributed by atoms with E-state index in [1.165, 1.54) is 12.1 Å². The van der Waals surface area contributed by atoms with Crippen LogP contribution in [0.4, 0.5) is 4.39 Å². The Morgan fingerprint density at radius 2 is 2.04 bits per heavy atom. The zero-order chi connectivity index (χ0) is 16.5. The minimum Gasteiger partial charge on any atom is -0.346 e. The van der Waals surface area contributed by atoms with Crippen LogP contribution in [0.1, 0.15) is 24.0 Å². The number of fused-ring (bicyclic) bond motifs is 1. The second-order valence-corrected chi connectivity index (χ2v) is 6.27. The van der Waals surface area contributed by atoms with Crippen LogP contribution in [0.5, 0.6) is 0 Å². The molecule has 3 aromatic rings. The van der Waals surface area contributed by atoms with Crippen LogP contribution in [0, 0.1) is 5.82 Å². The molecule has 0 bridgehead atoms. The molecule has 1 fully saturated rings. The van der Waals surface area contributed by atoms with Gasteiger partial charge in [-0.25, -0.2) is 9.37 Å². The number of carbonyl (C=O) groups excluding carboxylic acids is 1. The highest BCUT2D eigenvalue weighted by molar-refractivity contribution is 5.87. The van der Waals surface area contributed by atoms with Gasteiger partial charge in [-0.3, -0.25) is 4.79 Å². The van der Waals surface area contributed by atoms with Crippen LogP contribution in [0.2, 0.25) is 0 Å². The molecule has 24 heavy (non-hydrogen) atoms. The maximum absolute atomic E-state index is 13.1. The molecule has 0 radical (unpaired) electrons. The molecule has 2 heterocycles. The molecule has 1 aliphatic carbocycles. The Labute approximate surface area is 139 Å². The van der Waals surface area contributed by atoms with Crippen molar-refractivity contribution in [3.63, 3.8) is 0 Å². The zero-order valence-electron chi connectivity index (χ0n) is 13.2. The number of pyridine rings is 1. The third-order valence-electron chi connectivity index (χ3n) is 4.45. The molecule has 2 aromatic heterocycles. The van der Waals surface area contributed by atoms with Crippen molar-refractivity contribution in [1.29, 1.82) is 0 Å². The van der Waals surface area contributed by atoms with Crippen molar-refractivity contribution in [3.05, 3.63) is 65.7 Å². The molecular formula is C19H18FN3O. The van der Waals surface area contributed by atoms with Crippen molar-refractivity contribution in [2.24, 2.45) is 0 Å². The van der Waals surface area contributed by atoms with Gasteiger partial charge in [-0.05, 0) is 48.2 Å². The lowest BCUT2D eigenvalue weighted by molar-refractivity contribution is -0.131. The summed E-state index contributed by atoms with van der Waals surface area (Å²) in [6.07, 6.45) is 6.03. The van der Waals surface area contributed by atoms with Crippen molar-refractivity contribution < 1.29 is 9.18 Å². The number of H-pyrrole nitrogens is 1. The molecule has 1 aliphatic rings. The average molecular weight is 323 g/mol. The number of hydrogen-bond donors (Lipinski definition) is 1. The van der Waals surface area contributed by atoms with Gasteiger partial charge in [0.25, 0.3) is 0 Å². The Kier molecular flexibility index (Phi) is 3.76. The van der Waals surface area contributed by atoms with Crippen molar-refractivity contribution in [3.8, 4) is 0 Å². The van der Waals surface area contributed by atoms with E-state index in [0.29, 0.717) is 19.0 Å². The van der Waals surface area contributed by atoms with Crippen molar-refractivity contribution in [1.82, 2.24) is 14.9 Å². The standard InChI is InChI=1S/C19H18FN3O/c20-15-5-3-13(4-6-15)12-23(16-7-8-16)18(24)10-14-11-22-19-17(14)2-1-9-21-19/h1-6,9,11,16H,7-8,10,12H2,(H,21,22). The van der Waals surface area contributed by atoms with Crippen LogP contribution in [0.15, 0.2) is 48.8 Å². The van der Waals surface area contributed by atoms with Crippen molar-refractivity contribution >= 4 is 16.9 Å². The highest BCUT2D eigenvalue weighted by Gasteiger charge is 2.32. The van der Waals surface area contributed by atoms with Gasteiger partial charge < -0.3 is 9.88 Å². The molecule has 0 atom stereocenters. The molecule has 0 unspecified atom stereocenters. The molecule has 1 N–H and O–H groups in total. The van der Waals surface area contributed by atoms with Gasteiger partial charge in [0.2, 0.25) is 5.91 Å². The molecule has 5 heteroatoms. The molecule has 4 rings (SSSR count). The first kappa shape index (κ1) is 14.9. The van der Waals surface area contributed by atoms with Crippen molar-refractivity contribution in [2.75, 3.05) is 0 Å². The third kappa shape index (κ3) is 3.02. The average Bonchev–Trinajstić information content (AvgIpc) is 3.36. The lowest BCUT2D eigenvalue weighted by Gasteiger charge is -2.22. The third-order valence-corrected chi connectivity index (χ3v) is 4.45. The normalized spacial score (nSPS) is 14.0. The summed E-state index contributed by atoms with van der Waals surface area (Å²) in [4.78, 5) is 22.1. The molecule has 1 amide bonds. The molecule has 4 nitrogen and oxygen atoms in total. The molecule has 0 saturated heterocycles. The predicted octanol–water partition coefficient (Wildman–Crippen LogP) is 3.44. The molecule has 0 spiro atoms. The number of hydrogen-bond acceptors (Lipinski definition) is 2. The van der Waals surface area contributed by atoms with Crippen LogP contribution in [0.3, 0.4) is 0 Å². The van der Waals surface area contributed by atoms with E-state index in [-0.39, 0.29) is 11.7 Å². The molecule has 0 aliphatic heterocycles. The summed E-state index contributed by atoms with van der Waals surface area (Å²) in [6.45, 7) is 0.532. The fraction of sp³-hybridized carbons (Fsp3) is 0.263. The summed E-state index contributed by atoms with van der Waals surface area (Å²) in [5, 5.41) is 0.989.